The Bertz CT molecular complexity index is 413. The van der Waals surface area contributed by atoms with E-state index in [-0.39, 0.29) is 6.42 Å². The summed E-state index contributed by atoms with van der Waals surface area (Å²) in [5.41, 5.74) is -0.863. The molecule has 0 amide bonds. The van der Waals surface area contributed by atoms with Crippen molar-refractivity contribution in [3.63, 3.8) is 0 Å². The van der Waals surface area contributed by atoms with Gasteiger partial charge in [0.05, 0.1) is 17.0 Å². The Balaban J connectivity index is 2.93. The van der Waals surface area contributed by atoms with Crippen LogP contribution in [0.2, 0.25) is 0 Å². The molecule has 4 heteroatoms. The minimum atomic E-state index is -4.24. The van der Waals surface area contributed by atoms with E-state index in [4.69, 9.17) is 5.26 Å². The van der Waals surface area contributed by atoms with Gasteiger partial charge >= 0.3 is 6.18 Å². The molecule has 0 aliphatic rings. The van der Waals surface area contributed by atoms with Crippen molar-refractivity contribution in [2.75, 3.05) is 0 Å². The van der Waals surface area contributed by atoms with Crippen molar-refractivity contribution in [1.29, 1.82) is 5.26 Å². The molecule has 1 aromatic carbocycles. The molecule has 0 radical (unpaired) electrons. The van der Waals surface area contributed by atoms with Gasteiger partial charge in [0.2, 0.25) is 0 Å². The molecule has 0 aliphatic carbocycles. The number of nitrogens with zero attached hydrogens (tertiary/aromatic N) is 1. The lowest BCUT2D eigenvalue weighted by Crippen LogP contribution is -2.34. The van der Waals surface area contributed by atoms with Gasteiger partial charge in [-0.2, -0.15) is 18.4 Å². The first-order valence-corrected chi connectivity index (χ1v) is 4.82. The highest BCUT2D eigenvalue weighted by atomic mass is 19.4. The van der Waals surface area contributed by atoms with Crippen molar-refractivity contribution in [2.45, 2.75) is 26.4 Å². The van der Waals surface area contributed by atoms with Crippen LogP contribution in [0.5, 0.6) is 0 Å². The lowest BCUT2D eigenvalue weighted by atomic mass is 9.85. The first-order valence-electron chi connectivity index (χ1n) is 4.82. The summed E-state index contributed by atoms with van der Waals surface area (Å²) >= 11 is 0. The van der Waals surface area contributed by atoms with Gasteiger partial charge in [-0.15, -0.1) is 0 Å². The van der Waals surface area contributed by atoms with E-state index in [9.17, 15) is 13.2 Å². The molecule has 0 unspecified atom stereocenters. The van der Waals surface area contributed by atoms with Crippen LogP contribution in [-0.4, -0.2) is 6.18 Å². The zero-order valence-electron chi connectivity index (χ0n) is 9.10. The Morgan fingerprint density at radius 3 is 2.38 bits per heavy atom. The number of hydrogen-bond donors (Lipinski definition) is 0. The van der Waals surface area contributed by atoms with Crippen molar-refractivity contribution in [2.24, 2.45) is 5.41 Å². The van der Waals surface area contributed by atoms with Crippen LogP contribution < -0.4 is 0 Å². The van der Waals surface area contributed by atoms with E-state index in [1.165, 1.54) is 6.07 Å². The van der Waals surface area contributed by atoms with E-state index in [1.54, 1.807) is 18.2 Å². The predicted octanol–water partition coefficient (Wildman–Crippen LogP) is 3.69. The second-order valence-corrected chi connectivity index (χ2v) is 4.37. The summed E-state index contributed by atoms with van der Waals surface area (Å²) in [6, 6.07) is 8.18. The maximum Gasteiger partial charge on any atom is 0.394 e. The first-order chi connectivity index (χ1) is 7.26. The van der Waals surface area contributed by atoms with Crippen molar-refractivity contribution < 1.29 is 13.2 Å². The van der Waals surface area contributed by atoms with Gasteiger partial charge < -0.3 is 0 Å². The van der Waals surface area contributed by atoms with Crippen LogP contribution in [0.3, 0.4) is 0 Å². The number of alkyl halides is 3. The molecule has 0 saturated heterocycles. The normalized spacial score (nSPS) is 12.2. The minimum Gasteiger partial charge on any atom is -0.192 e. The quantitative estimate of drug-likeness (QED) is 0.755. The largest absolute Gasteiger partial charge is 0.394 e. The second kappa shape index (κ2) is 4.17. The van der Waals surface area contributed by atoms with E-state index in [0.717, 1.165) is 13.8 Å². The Hall–Kier alpha value is -1.50. The van der Waals surface area contributed by atoms with Crippen LogP contribution >= 0.6 is 0 Å². The first kappa shape index (κ1) is 12.6. The molecule has 1 rings (SSSR count). The molecule has 0 spiro atoms. The fourth-order valence-electron chi connectivity index (χ4n) is 1.36. The second-order valence-electron chi connectivity index (χ2n) is 4.37. The molecule has 0 N–H and O–H groups in total. The summed E-state index contributed by atoms with van der Waals surface area (Å²) in [5, 5.41) is 8.65. The van der Waals surface area contributed by atoms with Crippen LogP contribution in [0.1, 0.15) is 25.0 Å². The molecule has 0 bridgehead atoms. The summed E-state index contributed by atoms with van der Waals surface area (Å²) in [5.74, 6) is 0. The Kier molecular flexibility index (Phi) is 3.27. The number of nitriles is 1. The fraction of sp³-hybridized carbons (Fsp3) is 0.417. The number of hydrogen-bond acceptors (Lipinski definition) is 1. The minimum absolute atomic E-state index is 0.119. The lowest BCUT2D eigenvalue weighted by Gasteiger charge is -2.27. The molecular weight excluding hydrogens is 215 g/mol. The summed E-state index contributed by atoms with van der Waals surface area (Å²) in [6.07, 6.45) is -4.36. The number of halogens is 3. The smallest absolute Gasteiger partial charge is 0.192 e. The number of benzene rings is 1. The Morgan fingerprint density at radius 2 is 1.88 bits per heavy atom. The monoisotopic (exact) mass is 227 g/mol. The van der Waals surface area contributed by atoms with Crippen molar-refractivity contribution in [3.05, 3.63) is 35.4 Å². The van der Waals surface area contributed by atoms with Crippen LogP contribution in [0, 0.1) is 16.7 Å². The van der Waals surface area contributed by atoms with Gasteiger partial charge in [-0.25, -0.2) is 0 Å². The zero-order valence-corrected chi connectivity index (χ0v) is 9.10. The van der Waals surface area contributed by atoms with Crippen molar-refractivity contribution >= 4 is 0 Å². The van der Waals surface area contributed by atoms with Crippen molar-refractivity contribution in [1.82, 2.24) is 0 Å². The summed E-state index contributed by atoms with van der Waals surface area (Å²) < 4.78 is 37.9. The topological polar surface area (TPSA) is 23.8 Å². The molecule has 0 saturated carbocycles. The zero-order chi connectivity index (χ0) is 12.4. The molecule has 0 atom stereocenters. The molecule has 0 aliphatic heterocycles. The van der Waals surface area contributed by atoms with Gasteiger partial charge in [0.1, 0.15) is 0 Å². The Morgan fingerprint density at radius 1 is 1.25 bits per heavy atom. The van der Waals surface area contributed by atoms with Crippen LogP contribution in [-0.2, 0) is 6.42 Å². The van der Waals surface area contributed by atoms with Gasteiger partial charge in [-0.05, 0) is 24.1 Å². The molecule has 86 valence electrons. The molecule has 1 aromatic rings. The van der Waals surface area contributed by atoms with Crippen LogP contribution in [0.4, 0.5) is 13.2 Å². The molecule has 1 nitrogen and oxygen atoms in total. The van der Waals surface area contributed by atoms with E-state index in [2.05, 4.69) is 0 Å². The van der Waals surface area contributed by atoms with Crippen LogP contribution in [0.15, 0.2) is 24.3 Å². The maximum atomic E-state index is 12.6. The predicted molar refractivity (Wildman–Crippen MR) is 54.7 cm³/mol. The van der Waals surface area contributed by atoms with Gasteiger partial charge in [0.15, 0.2) is 0 Å². The van der Waals surface area contributed by atoms with Gasteiger partial charge in [-0.1, -0.05) is 26.0 Å². The average molecular weight is 227 g/mol. The highest BCUT2D eigenvalue weighted by Crippen LogP contribution is 2.40. The highest BCUT2D eigenvalue weighted by Gasteiger charge is 2.46. The van der Waals surface area contributed by atoms with Gasteiger partial charge in [0.25, 0.3) is 0 Å². The summed E-state index contributed by atoms with van der Waals surface area (Å²) in [7, 11) is 0. The van der Waals surface area contributed by atoms with Gasteiger partial charge in [-0.3, -0.25) is 0 Å². The van der Waals surface area contributed by atoms with Crippen molar-refractivity contribution in [3.8, 4) is 6.07 Å². The molecule has 0 heterocycles. The van der Waals surface area contributed by atoms with E-state index >= 15 is 0 Å². The third-order valence-corrected chi connectivity index (χ3v) is 2.47. The summed E-state index contributed by atoms with van der Waals surface area (Å²) in [6.45, 7) is 2.32. The maximum absolute atomic E-state index is 12.6. The molecule has 16 heavy (non-hydrogen) atoms. The summed E-state index contributed by atoms with van der Waals surface area (Å²) in [4.78, 5) is 0. The van der Waals surface area contributed by atoms with E-state index in [0.29, 0.717) is 11.1 Å². The Labute approximate surface area is 92.5 Å². The average Bonchev–Trinajstić information content (AvgIpc) is 2.15. The lowest BCUT2D eigenvalue weighted by molar-refractivity contribution is -0.211. The third-order valence-electron chi connectivity index (χ3n) is 2.47. The van der Waals surface area contributed by atoms with Crippen LogP contribution in [0.25, 0.3) is 0 Å². The standard InChI is InChI=1S/C12H12F3N/c1-11(2,12(13,14)15)7-9-4-3-5-10(6-9)8-16/h3-6H,7H2,1-2H3. The highest BCUT2D eigenvalue weighted by molar-refractivity contribution is 5.33. The van der Waals surface area contributed by atoms with E-state index < -0.39 is 11.6 Å². The SMILES string of the molecule is CC(C)(Cc1cccc(C#N)c1)C(F)(F)F. The fourth-order valence-corrected chi connectivity index (χ4v) is 1.36. The third kappa shape index (κ3) is 2.75. The molecule has 0 aromatic heterocycles. The number of rotatable bonds is 2. The molecule has 0 fully saturated rings. The molecular formula is C12H12F3N. The van der Waals surface area contributed by atoms with Gasteiger partial charge in [0, 0.05) is 0 Å². The van der Waals surface area contributed by atoms with E-state index in [1.807, 2.05) is 6.07 Å².